The summed E-state index contributed by atoms with van der Waals surface area (Å²) in [5, 5.41) is 19.4. The molecule has 0 aromatic heterocycles. The molecule has 0 aromatic rings. The predicted molar refractivity (Wildman–Crippen MR) is 191 cm³/mol. The first-order valence-electron chi connectivity index (χ1n) is 19.6. The maximum Gasteiger partial charge on any atom is 0.309 e. The van der Waals surface area contributed by atoms with E-state index in [1.807, 2.05) is 0 Å². The summed E-state index contributed by atoms with van der Waals surface area (Å²) in [4.78, 5) is 23.6. The molecule has 0 radical (unpaired) electrons. The van der Waals surface area contributed by atoms with E-state index in [0.717, 1.165) is 37.5 Å². The SMILES string of the molecule is CC(C)CCCCCCCCCCCCCCC(CCCCCCCCCCCCCCC(C)C)(CCCC(=O)O)C(=O)O. The zero-order valence-electron chi connectivity index (χ0n) is 30.3. The second-order valence-electron chi connectivity index (χ2n) is 15.2. The molecule has 2 N–H and O–H groups in total. The largest absolute Gasteiger partial charge is 0.481 e. The van der Waals surface area contributed by atoms with Crippen LogP contribution in [0.25, 0.3) is 0 Å². The first kappa shape index (κ1) is 42.9. The van der Waals surface area contributed by atoms with Crippen LogP contribution in [0.3, 0.4) is 0 Å². The summed E-state index contributed by atoms with van der Waals surface area (Å²) in [5.41, 5.74) is -0.736. The van der Waals surface area contributed by atoms with Gasteiger partial charge in [0.05, 0.1) is 5.41 Å². The van der Waals surface area contributed by atoms with Gasteiger partial charge < -0.3 is 10.2 Å². The van der Waals surface area contributed by atoms with E-state index in [-0.39, 0.29) is 6.42 Å². The molecule has 0 fully saturated rings. The molecule has 0 amide bonds. The van der Waals surface area contributed by atoms with Gasteiger partial charge in [0.15, 0.2) is 0 Å². The van der Waals surface area contributed by atoms with E-state index in [9.17, 15) is 14.7 Å². The molecule has 0 saturated heterocycles. The highest BCUT2D eigenvalue weighted by atomic mass is 16.4. The average Bonchev–Trinajstić information content (AvgIpc) is 2.96. The normalized spacial score (nSPS) is 12.0. The minimum atomic E-state index is -0.818. The number of carboxylic acids is 2. The van der Waals surface area contributed by atoms with Crippen molar-refractivity contribution in [2.75, 3.05) is 0 Å². The number of aliphatic carboxylic acids is 2. The Morgan fingerprint density at radius 1 is 0.409 bits per heavy atom. The molecule has 0 unspecified atom stereocenters. The van der Waals surface area contributed by atoms with Gasteiger partial charge in [0.25, 0.3) is 0 Å². The quantitative estimate of drug-likeness (QED) is 0.0689. The number of unbranched alkanes of at least 4 members (excludes halogenated alkanes) is 22. The Morgan fingerprint density at radius 3 is 0.909 bits per heavy atom. The van der Waals surface area contributed by atoms with Crippen LogP contribution in [0.15, 0.2) is 0 Å². The smallest absolute Gasteiger partial charge is 0.309 e. The van der Waals surface area contributed by atoms with Gasteiger partial charge in [-0.15, -0.1) is 0 Å². The molecule has 0 aliphatic heterocycles. The summed E-state index contributed by atoms with van der Waals surface area (Å²) in [7, 11) is 0. The van der Waals surface area contributed by atoms with Crippen molar-refractivity contribution < 1.29 is 19.8 Å². The summed E-state index contributed by atoms with van der Waals surface area (Å²) in [5.74, 6) is 0.162. The molecular weight excluding hydrogens is 544 g/mol. The third-order valence-corrected chi connectivity index (χ3v) is 9.87. The number of rotatable bonds is 35. The van der Waals surface area contributed by atoms with Crippen molar-refractivity contribution in [2.45, 2.75) is 227 Å². The highest BCUT2D eigenvalue weighted by Crippen LogP contribution is 2.37. The van der Waals surface area contributed by atoms with Crippen molar-refractivity contribution in [1.29, 1.82) is 0 Å². The van der Waals surface area contributed by atoms with Gasteiger partial charge >= 0.3 is 11.9 Å². The molecule has 0 bridgehead atoms. The third kappa shape index (κ3) is 28.4. The van der Waals surface area contributed by atoms with Crippen LogP contribution >= 0.6 is 0 Å². The number of carbonyl (C=O) groups is 2. The Morgan fingerprint density at radius 2 is 0.659 bits per heavy atom. The van der Waals surface area contributed by atoms with E-state index in [0.29, 0.717) is 25.7 Å². The van der Waals surface area contributed by atoms with Crippen LogP contribution in [0.4, 0.5) is 0 Å². The molecule has 0 heterocycles. The number of hydrogen-bond donors (Lipinski definition) is 2. The van der Waals surface area contributed by atoms with E-state index in [2.05, 4.69) is 27.7 Å². The monoisotopic (exact) mass is 623 g/mol. The number of carboxylic acid groups (broad SMARTS) is 2. The molecule has 0 rings (SSSR count). The molecule has 4 heteroatoms. The van der Waals surface area contributed by atoms with Crippen LogP contribution < -0.4 is 0 Å². The van der Waals surface area contributed by atoms with Crippen LogP contribution in [0.1, 0.15) is 227 Å². The first-order valence-corrected chi connectivity index (χ1v) is 19.6. The molecule has 0 aromatic carbocycles. The molecule has 0 saturated carbocycles. The Balaban J connectivity index is 4.09. The second-order valence-corrected chi connectivity index (χ2v) is 15.2. The summed E-state index contributed by atoms with van der Waals surface area (Å²) in [6, 6.07) is 0. The molecule has 0 aliphatic rings. The van der Waals surface area contributed by atoms with Gasteiger partial charge in [0.1, 0.15) is 0 Å². The molecule has 4 nitrogen and oxygen atoms in total. The molecule has 44 heavy (non-hydrogen) atoms. The fourth-order valence-corrected chi connectivity index (χ4v) is 6.84. The van der Waals surface area contributed by atoms with Crippen LogP contribution in [-0.4, -0.2) is 22.2 Å². The summed E-state index contributed by atoms with van der Waals surface area (Å²) in [6.45, 7) is 9.25. The van der Waals surface area contributed by atoms with Crippen LogP contribution in [-0.2, 0) is 9.59 Å². The van der Waals surface area contributed by atoms with Gasteiger partial charge in [-0.25, -0.2) is 0 Å². The van der Waals surface area contributed by atoms with Crippen LogP contribution in [0.2, 0.25) is 0 Å². The Kier molecular flexibility index (Phi) is 29.8. The zero-order valence-corrected chi connectivity index (χ0v) is 30.3. The lowest BCUT2D eigenvalue weighted by Crippen LogP contribution is -2.31. The van der Waals surface area contributed by atoms with Crippen molar-refractivity contribution in [3.05, 3.63) is 0 Å². The highest BCUT2D eigenvalue weighted by molar-refractivity contribution is 5.74. The predicted octanol–water partition coefficient (Wildman–Crippen LogP) is 13.5. The van der Waals surface area contributed by atoms with Gasteiger partial charge in [0, 0.05) is 6.42 Å². The van der Waals surface area contributed by atoms with E-state index >= 15 is 0 Å². The minimum Gasteiger partial charge on any atom is -0.481 e. The van der Waals surface area contributed by atoms with E-state index < -0.39 is 17.4 Å². The average molecular weight is 623 g/mol. The molecule has 262 valence electrons. The third-order valence-electron chi connectivity index (χ3n) is 9.87. The Labute approximate surface area is 275 Å². The van der Waals surface area contributed by atoms with Gasteiger partial charge in [-0.05, 0) is 37.5 Å². The van der Waals surface area contributed by atoms with Gasteiger partial charge in [-0.1, -0.05) is 195 Å². The van der Waals surface area contributed by atoms with Gasteiger partial charge in [0.2, 0.25) is 0 Å². The fourth-order valence-electron chi connectivity index (χ4n) is 6.84. The van der Waals surface area contributed by atoms with E-state index in [1.165, 1.54) is 141 Å². The summed E-state index contributed by atoms with van der Waals surface area (Å²) < 4.78 is 0. The molecule has 0 spiro atoms. The van der Waals surface area contributed by atoms with Gasteiger partial charge in [-0.3, -0.25) is 9.59 Å². The molecule has 0 aliphatic carbocycles. The maximum atomic E-state index is 12.5. The zero-order chi connectivity index (χ0) is 32.7. The van der Waals surface area contributed by atoms with Crippen molar-refractivity contribution in [3.63, 3.8) is 0 Å². The second kappa shape index (κ2) is 30.6. The Hall–Kier alpha value is -1.06. The van der Waals surface area contributed by atoms with E-state index in [4.69, 9.17) is 5.11 Å². The standard InChI is InChI=1S/C40H78O4/c1-36(2)30-25-21-17-13-9-5-7-11-15-19-23-27-33-40(39(43)44,35-29-32-38(41)42)34-28-24-20-16-12-8-6-10-14-18-22-26-31-37(3)4/h36-37H,5-35H2,1-4H3,(H,41,42)(H,43,44). The molecule has 0 atom stereocenters. The topological polar surface area (TPSA) is 74.6 Å². The van der Waals surface area contributed by atoms with Gasteiger partial charge in [-0.2, -0.15) is 0 Å². The fraction of sp³-hybridized carbons (Fsp3) is 0.950. The summed E-state index contributed by atoms with van der Waals surface area (Å²) >= 11 is 0. The van der Waals surface area contributed by atoms with Crippen molar-refractivity contribution in [2.24, 2.45) is 17.3 Å². The lowest BCUT2D eigenvalue weighted by Gasteiger charge is -2.30. The summed E-state index contributed by atoms with van der Waals surface area (Å²) in [6.07, 6.45) is 36.0. The van der Waals surface area contributed by atoms with Crippen LogP contribution in [0, 0.1) is 17.3 Å². The Bertz CT molecular complexity index is 605. The van der Waals surface area contributed by atoms with Crippen LogP contribution in [0.5, 0.6) is 0 Å². The van der Waals surface area contributed by atoms with E-state index in [1.54, 1.807) is 0 Å². The lowest BCUT2D eigenvalue weighted by molar-refractivity contribution is -0.151. The van der Waals surface area contributed by atoms with Crippen molar-refractivity contribution in [3.8, 4) is 0 Å². The van der Waals surface area contributed by atoms with Crippen molar-refractivity contribution >= 4 is 11.9 Å². The molecular formula is C40H78O4. The maximum absolute atomic E-state index is 12.5. The number of hydrogen-bond acceptors (Lipinski definition) is 2. The highest BCUT2D eigenvalue weighted by Gasteiger charge is 2.36. The minimum absolute atomic E-state index is 0.0743. The lowest BCUT2D eigenvalue weighted by atomic mass is 9.74. The first-order chi connectivity index (χ1) is 21.2. The van der Waals surface area contributed by atoms with Crippen molar-refractivity contribution in [1.82, 2.24) is 0 Å².